The molecule has 84 valence electrons. The largest absolute Gasteiger partial charge is 0.304 e. The first-order valence-corrected chi connectivity index (χ1v) is 4.45. The number of carbonyl (C=O) groups excluding carboxylic acids is 2. The lowest BCUT2D eigenvalue weighted by molar-refractivity contribution is -0.121. The minimum atomic E-state index is -1.60. The smallest absolute Gasteiger partial charge is 0.234 e. The van der Waals surface area contributed by atoms with E-state index in [4.69, 9.17) is 0 Å². The first-order valence-electron chi connectivity index (χ1n) is 4.45. The van der Waals surface area contributed by atoms with Crippen molar-refractivity contribution in [2.45, 2.75) is 6.42 Å². The van der Waals surface area contributed by atoms with Crippen molar-refractivity contribution in [2.24, 2.45) is 0 Å². The van der Waals surface area contributed by atoms with Gasteiger partial charge in [-0.15, -0.1) is 0 Å². The van der Waals surface area contributed by atoms with Gasteiger partial charge < -0.3 is 4.90 Å². The van der Waals surface area contributed by atoms with Crippen LogP contribution in [-0.4, -0.2) is 18.2 Å². The molecule has 0 aliphatic carbocycles. The van der Waals surface area contributed by atoms with Gasteiger partial charge in [0.05, 0.1) is 18.7 Å². The van der Waals surface area contributed by atoms with Crippen molar-refractivity contribution < 1.29 is 22.8 Å². The molecule has 16 heavy (non-hydrogen) atoms. The molecule has 1 aromatic carbocycles. The second-order valence-corrected chi connectivity index (χ2v) is 3.42. The Morgan fingerprint density at radius 3 is 2.06 bits per heavy atom. The molecule has 0 spiro atoms. The highest BCUT2D eigenvalue weighted by molar-refractivity contribution is 6.15. The van der Waals surface area contributed by atoms with E-state index in [2.05, 4.69) is 0 Å². The first-order chi connectivity index (χ1) is 7.49. The van der Waals surface area contributed by atoms with Gasteiger partial charge in [-0.3, -0.25) is 9.59 Å². The van der Waals surface area contributed by atoms with Crippen LogP contribution in [0.1, 0.15) is 6.42 Å². The fraction of sp³-hybridized carbons (Fsp3) is 0.200. The zero-order chi connectivity index (χ0) is 11.9. The number of amides is 1. The lowest BCUT2D eigenvalue weighted by Gasteiger charge is -2.14. The summed E-state index contributed by atoms with van der Waals surface area (Å²) in [7, 11) is 0. The van der Waals surface area contributed by atoms with Crippen molar-refractivity contribution in [3.8, 4) is 0 Å². The van der Waals surface area contributed by atoms with Gasteiger partial charge in [-0.25, -0.2) is 13.2 Å². The molecule has 6 heteroatoms. The van der Waals surface area contributed by atoms with Crippen LogP contribution >= 0.6 is 0 Å². The molecule has 0 aromatic heterocycles. The molecule has 0 atom stereocenters. The number of anilines is 1. The summed E-state index contributed by atoms with van der Waals surface area (Å²) >= 11 is 0. The number of benzene rings is 1. The van der Waals surface area contributed by atoms with Gasteiger partial charge in [-0.2, -0.15) is 0 Å². The summed E-state index contributed by atoms with van der Waals surface area (Å²) in [4.78, 5) is 23.1. The Labute approximate surface area is 88.5 Å². The maximum absolute atomic E-state index is 12.9. The number of ketones is 1. The van der Waals surface area contributed by atoms with Gasteiger partial charge >= 0.3 is 0 Å². The second kappa shape index (κ2) is 3.62. The average Bonchev–Trinajstić information content (AvgIpc) is 2.53. The van der Waals surface area contributed by atoms with E-state index in [0.717, 1.165) is 4.90 Å². The summed E-state index contributed by atoms with van der Waals surface area (Å²) in [6, 6.07) is 1.38. The normalized spacial score (nSPS) is 16.1. The van der Waals surface area contributed by atoms with Gasteiger partial charge in [0.2, 0.25) is 5.91 Å². The zero-order valence-corrected chi connectivity index (χ0v) is 7.97. The van der Waals surface area contributed by atoms with Crippen LogP contribution in [0.4, 0.5) is 18.9 Å². The third kappa shape index (κ3) is 1.66. The second-order valence-electron chi connectivity index (χ2n) is 3.42. The van der Waals surface area contributed by atoms with Crippen LogP contribution in [0.3, 0.4) is 0 Å². The number of hydrogen-bond donors (Lipinski definition) is 0. The summed E-state index contributed by atoms with van der Waals surface area (Å²) in [6.45, 7) is -0.233. The molecule has 1 amide bonds. The number of hydrogen-bond acceptors (Lipinski definition) is 2. The summed E-state index contributed by atoms with van der Waals surface area (Å²) in [5, 5.41) is 0. The minimum absolute atomic E-state index is 0.146. The molecule has 1 aromatic rings. The minimum Gasteiger partial charge on any atom is -0.304 e. The molecule has 0 saturated carbocycles. The van der Waals surface area contributed by atoms with Crippen LogP contribution < -0.4 is 4.90 Å². The van der Waals surface area contributed by atoms with Crippen molar-refractivity contribution >= 4 is 17.4 Å². The van der Waals surface area contributed by atoms with Crippen molar-refractivity contribution in [3.63, 3.8) is 0 Å². The summed E-state index contributed by atoms with van der Waals surface area (Å²) in [5.41, 5.74) is -0.146. The molecule has 0 N–H and O–H groups in total. The van der Waals surface area contributed by atoms with E-state index in [0.29, 0.717) is 12.1 Å². The lowest BCUT2D eigenvalue weighted by Crippen LogP contribution is -2.24. The van der Waals surface area contributed by atoms with Gasteiger partial charge in [0, 0.05) is 12.1 Å². The predicted octanol–water partition coefficient (Wildman–Crippen LogP) is 1.41. The molecular formula is C10H6F3NO2. The molecule has 2 rings (SSSR count). The van der Waals surface area contributed by atoms with Crippen LogP contribution in [-0.2, 0) is 9.59 Å². The van der Waals surface area contributed by atoms with Crippen LogP contribution in [0, 0.1) is 17.5 Å². The van der Waals surface area contributed by atoms with Crippen molar-refractivity contribution in [1.29, 1.82) is 0 Å². The van der Waals surface area contributed by atoms with Gasteiger partial charge in [0.15, 0.2) is 23.2 Å². The maximum Gasteiger partial charge on any atom is 0.234 e. The highest BCUT2D eigenvalue weighted by Gasteiger charge is 2.29. The Bertz CT molecular complexity index is 464. The van der Waals surface area contributed by atoms with Gasteiger partial charge in [0.1, 0.15) is 0 Å². The van der Waals surface area contributed by atoms with Gasteiger partial charge in [-0.05, 0) is 0 Å². The number of nitrogens with zero attached hydrogens (tertiary/aromatic N) is 1. The van der Waals surface area contributed by atoms with Crippen molar-refractivity contribution in [1.82, 2.24) is 0 Å². The van der Waals surface area contributed by atoms with E-state index in [1.54, 1.807) is 0 Å². The molecule has 3 nitrogen and oxygen atoms in total. The Morgan fingerprint density at radius 2 is 1.62 bits per heavy atom. The third-order valence-corrected chi connectivity index (χ3v) is 2.26. The van der Waals surface area contributed by atoms with E-state index in [-0.39, 0.29) is 24.4 Å². The highest BCUT2D eigenvalue weighted by Crippen LogP contribution is 2.24. The molecule has 1 heterocycles. The topological polar surface area (TPSA) is 37.4 Å². The van der Waals surface area contributed by atoms with Crippen molar-refractivity contribution in [2.75, 3.05) is 11.4 Å². The standard InChI is InChI=1S/C10H6F3NO2/c11-7-1-5(2-8(12)10(7)13)14-4-6(15)3-9(14)16/h1-2H,3-4H2. The summed E-state index contributed by atoms with van der Waals surface area (Å²) in [5.74, 6) is -5.25. The predicted molar refractivity (Wildman–Crippen MR) is 48.3 cm³/mol. The fourth-order valence-corrected chi connectivity index (χ4v) is 1.52. The summed E-state index contributed by atoms with van der Waals surface area (Å²) in [6.07, 6.45) is -0.291. The molecule has 0 unspecified atom stereocenters. The fourth-order valence-electron chi connectivity index (χ4n) is 1.52. The monoisotopic (exact) mass is 229 g/mol. The lowest BCUT2D eigenvalue weighted by atomic mass is 10.2. The van der Waals surface area contributed by atoms with E-state index in [1.807, 2.05) is 0 Å². The zero-order valence-electron chi connectivity index (χ0n) is 7.97. The van der Waals surface area contributed by atoms with Gasteiger partial charge in [-0.1, -0.05) is 0 Å². The third-order valence-electron chi connectivity index (χ3n) is 2.26. The highest BCUT2D eigenvalue weighted by atomic mass is 19.2. The number of halogens is 3. The Kier molecular flexibility index (Phi) is 2.41. The van der Waals surface area contributed by atoms with Crippen molar-refractivity contribution in [3.05, 3.63) is 29.6 Å². The number of carbonyl (C=O) groups is 2. The quantitative estimate of drug-likeness (QED) is 0.539. The molecule has 1 saturated heterocycles. The molecule has 0 radical (unpaired) electrons. The Balaban J connectivity index is 2.42. The van der Waals surface area contributed by atoms with E-state index < -0.39 is 23.4 Å². The Hall–Kier alpha value is -1.85. The molecular weight excluding hydrogens is 223 g/mol. The Morgan fingerprint density at radius 1 is 1.06 bits per heavy atom. The van der Waals surface area contributed by atoms with Gasteiger partial charge in [0.25, 0.3) is 0 Å². The van der Waals surface area contributed by atoms with Crippen LogP contribution in [0.5, 0.6) is 0 Å². The average molecular weight is 229 g/mol. The van der Waals surface area contributed by atoms with E-state index >= 15 is 0 Å². The summed E-state index contributed by atoms with van der Waals surface area (Å²) < 4.78 is 38.4. The van der Waals surface area contributed by atoms with E-state index in [1.165, 1.54) is 0 Å². The number of Topliss-reactive ketones (excluding diaryl/α,β-unsaturated/α-hetero) is 1. The SMILES string of the molecule is O=C1CC(=O)N(c2cc(F)c(F)c(F)c2)C1. The van der Waals surface area contributed by atoms with Crippen LogP contribution in [0.25, 0.3) is 0 Å². The molecule has 0 bridgehead atoms. The maximum atomic E-state index is 12.9. The van der Waals surface area contributed by atoms with Crippen LogP contribution in [0.2, 0.25) is 0 Å². The number of rotatable bonds is 1. The first kappa shape index (κ1) is 10.7. The molecule has 1 fully saturated rings. The van der Waals surface area contributed by atoms with Crippen LogP contribution in [0.15, 0.2) is 12.1 Å². The molecule has 1 aliphatic heterocycles. The van der Waals surface area contributed by atoms with E-state index in [9.17, 15) is 22.8 Å². The molecule has 1 aliphatic rings.